The van der Waals surface area contributed by atoms with Crippen LogP contribution >= 0.6 is 0 Å². The van der Waals surface area contributed by atoms with Gasteiger partial charge in [-0.1, -0.05) is 6.07 Å². The van der Waals surface area contributed by atoms with E-state index in [1.165, 1.54) is 25.1 Å². The lowest BCUT2D eigenvalue weighted by Crippen LogP contribution is -2.26. The largest absolute Gasteiger partial charge is 0.497 e. The number of rotatable bonds is 11. The number of nitrogens with zero attached hydrogens (tertiary/aromatic N) is 2. The molecule has 0 saturated carbocycles. The second-order valence-electron chi connectivity index (χ2n) is 7.35. The zero-order valence-electron chi connectivity index (χ0n) is 19.3. The van der Waals surface area contributed by atoms with Crippen LogP contribution in [0.2, 0.25) is 0 Å². The van der Waals surface area contributed by atoms with Crippen molar-refractivity contribution >= 4 is 16.8 Å². The monoisotopic (exact) mass is 455 g/mol. The van der Waals surface area contributed by atoms with Gasteiger partial charge >= 0.3 is 0 Å². The molecule has 9 heteroatoms. The molecule has 3 rings (SSSR count). The van der Waals surface area contributed by atoms with Gasteiger partial charge in [0, 0.05) is 31.6 Å². The number of aromatic nitrogens is 2. The Bertz CT molecular complexity index is 1170. The second kappa shape index (κ2) is 11.2. The van der Waals surface area contributed by atoms with Gasteiger partial charge in [-0.25, -0.2) is 4.98 Å². The van der Waals surface area contributed by atoms with Gasteiger partial charge in [-0.2, -0.15) is 0 Å². The molecule has 0 spiro atoms. The lowest BCUT2D eigenvalue weighted by molar-refractivity contribution is -0.121. The summed E-state index contributed by atoms with van der Waals surface area (Å²) in [5.74, 6) is 2.35. The van der Waals surface area contributed by atoms with Crippen molar-refractivity contribution in [1.82, 2.24) is 14.9 Å². The van der Waals surface area contributed by atoms with Crippen molar-refractivity contribution in [2.24, 2.45) is 0 Å². The Morgan fingerprint density at radius 1 is 0.970 bits per heavy atom. The standard InChI is InChI=1S/C24H29N3O6/c1-30-17-8-7-16(20(12-17)31-2)9-10-25-23(28)6-5-11-27-15-26-19-14-22(33-4)21(32-3)13-18(19)24(27)29/h7-8,12-15H,5-6,9-11H2,1-4H3,(H,25,28). The number of carbonyl (C=O) groups is 1. The summed E-state index contributed by atoms with van der Waals surface area (Å²) in [7, 11) is 6.25. The molecule has 0 bridgehead atoms. The molecule has 0 unspecified atom stereocenters. The molecule has 0 fully saturated rings. The highest BCUT2D eigenvalue weighted by atomic mass is 16.5. The first-order valence-electron chi connectivity index (χ1n) is 10.6. The van der Waals surface area contributed by atoms with E-state index in [-0.39, 0.29) is 11.5 Å². The van der Waals surface area contributed by atoms with E-state index in [2.05, 4.69) is 10.3 Å². The molecule has 9 nitrogen and oxygen atoms in total. The normalized spacial score (nSPS) is 10.7. The first kappa shape index (κ1) is 23.9. The molecule has 0 aliphatic rings. The SMILES string of the molecule is COc1ccc(CCNC(=O)CCCn2cnc3cc(OC)c(OC)cc3c2=O)c(OC)c1. The maximum Gasteiger partial charge on any atom is 0.261 e. The molecule has 2 aromatic carbocycles. The maximum absolute atomic E-state index is 12.8. The molecule has 1 amide bonds. The summed E-state index contributed by atoms with van der Waals surface area (Å²) < 4.78 is 22.6. The molecule has 33 heavy (non-hydrogen) atoms. The number of carbonyl (C=O) groups excluding carboxylic acids is 1. The Morgan fingerprint density at radius 2 is 1.70 bits per heavy atom. The van der Waals surface area contributed by atoms with Crippen LogP contribution in [0.25, 0.3) is 10.9 Å². The Hall–Kier alpha value is -3.75. The highest BCUT2D eigenvalue weighted by Crippen LogP contribution is 2.29. The molecule has 0 atom stereocenters. The summed E-state index contributed by atoms with van der Waals surface area (Å²) in [6.07, 6.45) is 2.94. The van der Waals surface area contributed by atoms with Crippen LogP contribution in [0.5, 0.6) is 23.0 Å². The summed E-state index contributed by atoms with van der Waals surface area (Å²) in [5, 5.41) is 3.35. The lowest BCUT2D eigenvalue weighted by Gasteiger charge is -2.11. The summed E-state index contributed by atoms with van der Waals surface area (Å²) in [4.78, 5) is 29.4. The minimum absolute atomic E-state index is 0.0734. The van der Waals surface area contributed by atoms with Crippen LogP contribution in [0.4, 0.5) is 0 Å². The van der Waals surface area contributed by atoms with Crippen molar-refractivity contribution < 1.29 is 23.7 Å². The van der Waals surface area contributed by atoms with E-state index < -0.39 is 0 Å². The molecule has 1 N–H and O–H groups in total. The third kappa shape index (κ3) is 5.74. The number of hydrogen-bond donors (Lipinski definition) is 1. The summed E-state index contributed by atoms with van der Waals surface area (Å²) in [5.41, 5.74) is 1.33. The molecule has 0 aliphatic carbocycles. The van der Waals surface area contributed by atoms with E-state index in [1.54, 1.807) is 26.4 Å². The van der Waals surface area contributed by atoms with Gasteiger partial charge in [0.25, 0.3) is 5.56 Å². The Labute approximate surface area is 192 Å². The average molecular weight is 456 g/mol. The van der Waals surface area contributed by atoms with E-state index in [0.29, 0.717) is 54.8 Å². The third-order valence-corrected chi connectivity index (χ3v) is 5.34. The quantitative estimate of drug-likeness (QED) is 0.474. The zero-order valence-corrected chi connectivity index (χ0v) is 19.3. The van der Waals surface area contributed by atoms with E-state index in [1.807, 2.05) is 18.2 Å². The Morgan fingerprint density at radius 3 is 2.39 bits per heavy atom. The van der Waals surface area contributed by atoms with Gasteiger partial charge in [-0.05, 0) is 30.5 Å². The number of fused-ring (bicyclic) bond motifs is 1. The number of amides is 1. The zero-order chi connectivity index (χ0) is 23.8. The first-order chi connectivity index (χ1) is 16.0. The van der Waals surface area contributed by atoms with Crippen LogP contribution in [0, 0.1) is 0 Å². The minimum atomic E-state index is -0.187. The number of methoxy groups -OCH3 is 4. The highest BCUT2D eigenvalue weighted by Gasteiger charge is 2.12. The molecule has 0 radical (unpaired) electrons. The molecule has 0 aliphatic heterocycles. The van der Waals surface area contributed by atoms with Crippen LogP contribution < -0.4 is 29.8 Å². The summed E-state index contributed by atoms with van der Waals surface area (Å²) in [6, 6.07) is 8.90. The number of nitrogens with one attached hydrogen (secondary N) is 1. The van der Waals surface area contributed by atoms with Gasteiger partial charge in [-0.3, -0.25) is 14.2 Å². The fraction of sp³-hybridized carbons (Fsp3) is 0.375. The predicted molar refractivity (Wildman–Crippen MR) is 125 cm³/mol. The molecule has 1 aromatic heterocycles. The second-order valence-corrected chi connectivity index (χ2v) is 7.35. The molecular formula is C24H29N3O6. The van der Waals surface area contributed by atoms with Crippen molar-refractivity contribution in [3.8, 4) is 23.0 Å². The fourth-order valence-electron chi connectivity index (χ4n) is 3.54. The lowest BCUT2D eigenvalue weighted by atomic mass is 10.1. The van der Waals surface area contributed by atoms with Gasteiger partial charge < -0.3 is 24.3 Å². The highest BCUT2D eigenvalue weighted by molar-refractivity contribution is 5.81. The van der Waals surface area contributed by atoms with Gasteiger partial charge in [0.05, 0.1) is 45.7 Å². The smallest absolute Gasteiger partial charge is 0.261 e. The third-order valence-electron chi connectivity index (χ3n) is 5.34. The summed E-state index contributed by atoms with van der Waals surface area (Å²) in [6.45, 7) is 0.871. The topological polar surface area (TPSA) is 101 Å². The molecule has 1 heterocycles. The number of hydrogen-bond acceptors (Lipinski definition) is 7. The molecular weight excluding hydrogens is 426 g/mol. The number of benzene rings is 2. The molecule has 176 valence electrons. The van der Waals surface area contributed by atoms with Gasteiger partial charge in [0.15, 0.2) is 11.5 Å². The van der Waals surface area contributed by atoms with Crippen molar-refractivity contribution in [3.05, 3.63) is 52.6 Å². The first-order valence-corrected chi connectivity index (χ1v) is 10.6. The van der Waals surface area contributed by atoms with Gasteiger partial charge in [0.2, 0.25) is 5.91 Å². The average Bonchev–Trinajstić information content (AvgIpc) is 2.84. The fourth-order valence-corrected chi connectivity index (χ4v) is 3.54. The van der Waals surface area contributed by atoms with E-state index >= 15 is 0 Å². The van der Waals surface area contributed by atoms with Gasteiger partial charge in [-0.15, -0.1) is 0 Å². The summed E-state index contributed by atoms with van der Waals surface area (Å²) >= 11 is 0. The van der Waals surface area contributed by atoms with Crippen LogP contribution in [0.15, 0.2) is 41.5 Å². The van der Waals surface area contributed by atoms with Crippen molar-refractivity contribution in [1.29, 1.82) is 0 Å². The van der Waals surface area contributed by atoms with Gasteiger partial charge in [0.1, 0.15) is 11.5 Å². The van der Waals surface area contributed by atoms with E-state index in [0.717, 1.165) is 17.1 Å². The number of aryl methyl sites for hydroxylation is 1. The van der Waals surface area contributed by atoms with Crippen molar-refractivity contribution in [3.63, 3.8) is 0 Å². The van der Waals surface area contributed by atoms with Crippen molar-refractivity contribution in [2.75, 3.05) is 35.0 Å². The van der Waals surface area contributed by atoms with E-state index in [4.69, 9.17) is 18.9 Å². The minimum Gasteiger partial charge on any atom is -0.497 e. The van der Waals surface area contributed by atoms with Crippen LogP contribution in [-0.4, -0.2) is 50.4 Å². The van der Waals surface area contributed by atoms with Crippen LogP contribution in [0.1, 0.15) is 18.4 Å². The van der Waals surface area contributed by atoms with Crippen LogP contribution in [-0.2, 0) is 17.8 Å². The predicted octanol–water partition coefficient (Wildman–Crippen LogP) is 2.57. The van der Waals surface area contributed by atoms with Crippen LogP contribution in [0.3, 0.4) is 0 Å². The Kier molecular flexibility index (Phi) is 8.12. The Balaban J connectivity index is 1.53. The maximum atomic E-state index is 12.8. The van der Waals surface area contributed by atoms with Crippen molar-refractivity contribution in [2.45, 2.75) is 25.8 Å². The molecule has 3 aromatic rings. The molecule has 0 saturated heterocycles. The van der Waals surface area contributed by atoms with E-state index in [9.17, 15) is 9.59 Å². The number of ether oxygens (including phenoxy) is 4.